The van der Waals surface area contributed by atoms with Crippen LogP contribution in [-0.2, 0) is 16.1 Å². The van der Waals surface area contributed by atoms with Crippen LogP contribution in [0.1, 0.15) is 18.4 Å². The minimum absolute atomic E-state index is 0.00689. The third-order valence-corrected chi connectivity index (χ3v) is 6.39. The lowest BCUT2D eigenvalue weighted by molar-refractivity contribution is -0.130. The van der Waals surface area contributed by atoms with Crippen molar-refractivity contribution in [2.75, 3.05) is 37.9 Å². The summed E-state index contributed by atoms with van der Waals surface area (Å²) in [6.07, 6.45) is 2.07. The van der Waals surface area contributed by atoms with Gasteiger partial charge in [0.05, 0.1) is 17.5 Å². The van der Waals surface area contributed by atoms with Gasteiger partial charge < -0.3 is 19.6 Å². The second-order valence-corrected chi connectivity index (χ2v) is 9.09. The van der Waals surface area contributed by atoms with Crippen molar-refractivity contribution in [3.05, 3.63) is 54.1 Å². The molecule has 0 aliphatic carbocycles. The summed E-state index contributed by atoms with van der Waals surface area (Å²) >= 11 is 1.29. The molecule has 174 valence electrons. The fourth-order valence-electron chi connectivity index (χ4n) is 3.65. The lowest BCUT2D eigenvalue weighted by atomic mass is 10.1. The quantitative estimate of drug-likeness (QED) is 0.479. The molecule has 2 aromatic carbocycles. The first-order chi connectivity index (χ1) is 16.0. The van der Waals surface area contributed by atoms with Crippen LogP contribution in [0.25, 0.3) is 5.69 Å². The highest BCUT2D eigenvalue weighted by molar-refractivity contribution is 7.99. The molecule has 0 spiro atoms. The van der Waals surface area contributed by atoms with Gasteiger partial charge >= 0.3 is 0 Å². The summed E-state index contributed by atoms with van der Waals surface area (Å²) in [6.45, 7) is 1.84. The number of anilines is 1. The monoisotopic (exact) mass is 468 g/mol. The molecule has 4 rings (SSSR count). The van der Waals surface area contributed by atoms with Crippen molar-refractivity contribution < 1.29 is 14.6 Å². The van der Waals surface area contributed by atoms with E-state index in [0.29, 0.717) is 23.9 Å². The van der Waals surface area contributed by atoms with Gasteiger partial charge in [0.2, 0.25) is 11.1 Å². The topological polar surface area (TPSA) is 96.6 Å². The summed E-state index contributed by atoms with van der Waals surface area (Å²) < 4.78 is 7.35. The van der Waals surface area contributed by atoms with E-state index in [1.165, 1.54) is 11.8 Å². The van der Waals surface area contributed by atoms with Crippen LogP contribution >= 0.6 is 11.8 Å². The molecule has 0 bridgehead atoms. The maximum Gasteiger partial charge on any atom is 0.233 e. The number of carbonyl (C=O) groups is 1. The van der Waals surface area contributed by atoms with E-state index >= 15 is 0 Å². The molecular weight excluding hydrogens is 440 g/mol. The summed E-state index contributed by atoms with van der Waals surface area (Å²) in [5.41, 5.74) is 2.91. The van der Waals surface area contributed by atoms with Crippen LogP contribution in [0.4, 0.5) is 5.69 Å². The normalized spacial score (nSPS) is 15.5. The molecule has 1 fully saturated rings. The first-order valence-electron chi connectivity index (χ1n) is 10.9. The van der Waals surface area contributed by atoms with Gasteiger partial charge in [-0.05, 0) is 65.2 Å². The van der Waals surface area contributed by atoms with Crippen LogP contribution in [0.3, 0.4) is 0 Å². The molecule has 1 N–H and O–H groups in total. The number of aromatic nitrogens is 4. The smallest absolute Gasteiger partial charge is 0.233 e. The van der Waals surface area contributed by atoms with Gasteiger partial charge in [-0.2, -0.15) is 4.68 Å². The van der Waals surface area contributed by atoms with E-state index in [4.69, 9.17) is 4.74 Å². The SMILES string of the molecule is CN(C)c1ccc(CN(CC2CCCO2)C(=O)CSc2nnnn2-c2ccc(O)cc2)cc1. The van der Waals surface area contributed by atoms with Gasteiger partial charge in [0, 0.05) is 39.5 Å². The number of thioether (sulfide) groups is 1. The predicted octanol–water partition coefficient (Wildman–Crippen LogP) is 2.73. The second-order valence-electron chi connectivity index (χ2n) is 8.15. The Morgan fingerprint density at radius 1 is 1.18 bits per heavy atom. The number of rotatable bonds is 9. The summed E-state index contributed by atoms with van der Waals surface area (Å²) in [5, 5.41) is 21.9. The van der Waals surface area contributed by atoms with Gasteiger partial charge in [0.1, 0.15) is 5.75 Å². The van der Waals surface area contributed by atoms with Crippen molar-refractivity contribution in [1.82, 2.24) is 25.1 Å². The molecule has 33 heavy (non-hydrogen) atoms. The van der Waals surface area contributed by atoms with Crippen molar-refractivity contribution in [2.45, 2.75) is 30.6 Å². The van der Waals surface area contributed by atoms with Crippen molar-refractivity contribution in [2.24, 2.45) is 0 Å². The van der Waals surface area contributed by atoms with Crippen LogP contribution in [0.2, 0.25) is 0 Å². The Bertz CT molecular complexity index is 1050. The Balaban J connectivity index is 1.44. The molecule has 3 aromatic rings. The Hall–Kier alpha value is -3.11. The fraction of sp³-hybridized carbons (Fsp3) is 0.391. The van der Waals surface area contributed by atoms with Crippen LogP contribution in [0, 0.1) is 0 Å². The van der Waals surface area contributed by atoms with E-state index in [2.05, 4.69) is 39.8 Å². The average Bonchev–Trinajstić information content (AvgIpc) is 3.50. The van der Waals surface area contributed by atoms with Crippen molar-refractivity contribution >= 4 is 23.4 Å². The zero-order chi connectivity index (χ0) is 23.2. The van der Waals surface area contributed by atoms with Gasteiger partial charge in [-0.15, -0.1) is 5.10 Å². The van der Waals surface area contributed by atoms with Crippen molar-refractivity contribution in [1.29, 1.82) is 0 Å². The highest BCUT2D eigenvalue weighted by Gasteiger charge is 2.23. The maximum absolute atomic E-state index is 13.2. The van der Waals surface area contributed by atoms with Crippen LogP contribution in [-0.4, -0.2) is 75.2 Å². The first-order valence-corrected chi connectivity index (χ1v) is 11.8. The molecule has 1 aliphatic rings. The Kier molecular flexibility index (Phi) is 7.46. The molecule has 1 saturated heterocycles. The molecule has 1 aliphatic heterocycles. The molecule has 0 saturated carbocycles. The molecule has 1 atom stereocenters. The molecule has 1 aromatic heterocycles. The number of amides is 1. The number of phenols is 1. The highest BCUT2D eigenvalue weighted by atomic mass is 32.2. The lowest BCUT2D eigenvalue weighted by Crippen LogP contribution is -2.38. The lowest BCUT2D eigenvalue weighted by Gasteiger charge is -2.26. The van der Waals surface area contributed by atoms with Crippen LogP contribution in [0.5, 0.6) is 5.75 Å². The Morgan fingerprint density at radius 2 is 1.94 bits per heavy atom. The molecule has 1 unspecified atom stereocenters. The molecule has 0 radical (unpaired) electrons. The number of carbonyl (C=O) groups excluding carboxylic acids is 1. The van der Waals surface area contributed by atoms with E-state index in [9.17, 15) is 9.90 Å². The van der Waals surface area contributed by atoms with Gasteiger partial charge in [-0.3, -0.25) is 4.79 Å². The molecule has 1 amide bonds. The summed E-state index contributed by atoms with van der Waals surface area (Å²) in [5.74, 6) is 0.382. The number of phenolic OH excluding ortho intramolecular Hbond substituents is 1. The molecule has 9 nitrogen and oxygen atoms in total. The maximum atomic E-state index is 13.2. The van der Waals surface area contributed by atoms with Crippen molar-refractivity contribution in [3.8, 4) is 11.4 Å². The largest absolute Gasteiger partial charge is 0.508 e. The number of nitrogens with zero attached hydrogens (tertiary/aromatic N) is 6. The highest BCUT2D eigenvalue weighted by Crippen LogP contribution is 2.22. The fourth-order valence-corrected chi connectivity index (χ4v) is 4.44. The number of benzene rings is 2. The first kappa shape index (κ1) is 23.1. The molecule has 10 heteroatoms. The van der Waals surface area contributed by atoms with Gasteiger partial charge in [-0.25, -0.2) is 0 Å². The number of ether oxygens (including phenoxy) is 1. The van der Waals surface area contributed by atoms with E-state index in [1.807, 2.05) is 23.9 Å². The van der Waals surface area contributed by atoms with E-state index in [0.717, 1.165) is 30.7 Å². The zero-order valence-electron chi connectivity index (χ0n) is 18.8. The minimum Gasteiger partial charge on any atom is -0.508 e. The minimum atomic E-state index is 0.00689. The third kappa shape index (κ3) is 6.02. The Morgan fingerprint density at radius 3 is 2.61 bits per heavy atom. The van der Waals surface area contributed by atoms with Gasteiger partial charge in [0.25, 0.3) is 0 Å². The van der Waals surface area contributed by atoms with Crippen LogP contribution < -0.4 is 4.90 Å². The number of tetrazole rings is 1. The standard InChI is InChI=1S/C23H28N6O3S/c1-27(2)18-7-5-17(6-8-18)14-28(15-21-4-3-13-32-21)22(31)16-33-23-24-25-26-29(23)19-9-11-20(30)12-10-19/h5-12,21,30H,3-4,13-16H2,1-2H3. The number of hydrogen-bond acceptors (Lipinski definition) is 8. The molecular formula is C23H28N6O3S. The van der Waals surface area contributed by atoms with Gasteiger partial charge in [-0.1, -0.05) is 23.9 Å². The Labute approximate surface area is 197 Å². The van der Waals surface area contributed by atoms with Crippen molar-refractivity contribution in [3.63, 3.8) is 0 Å². The second kappa shape index (κ2) is 10.7. The predicted molar refractivity (Wildman–Crippen MR) is 127 cm³/mol. The van der Waals surface area contributed by atoms with Gasteiger partial charge in [0.15, 0.2) is 0 Å². The van der Waals surface area contributed by atoms with E-state index in [1.54, 1.807) is 28.9 Å². The summed E-state index contributed by atoms with van der Waals surface area (Å²) in [7, 11) is 4.01. The van der Waals surface area contributed by atoms with Crippen LogP contribution in [0.15, 0.2) is 53.7 Å². The summed E-state index contributed by atoms with van der Waals surface area (Å²) in [6, 6.07) is 14.8. The summed E-state index contributed by atoms with van der Waals surface area (Å²) in [4.78, 5) is 17.1. The average molecular weight is 469 g/mol. The number of aromatic hydroxyl groups is 1. The van der Waals surface area contributed by atoms with E-state index < -0.39 is 0 Å². The zero-order valence-corrected chi connectivity index (χ0v) is 19.6. The third-order valence-electron chi connectivity index (χ3n) is 5.49. The van der Waals surface area contributed by atoms with E-state index in [-0.39, 0.29) is 23.5 Å². The molecule has 2 heterocycles. The number of hydrogen-bond donors (Lipinski definition) is 1.